The second-order valence-corrected chi connectivity index (χ2v) is 11.3. The van der Waals surface area contributed by atoms with E-state index in [1.807, 2.05) is 5.92 Å². The van der Waals surface area contributed by atoms with Gasteiger partial charge in [0.25, 0.3) is 0 Å². The van der Waals surface area contributed by atoms with Gasteiger partial charge >= 0.3 is 6.18 Å². The summed E-state index contributed by atoms with van der Waals surface area (Å²) in [6, 6.07) is 7.57. The minimum absolute atomic E-state index is 0.0000830. The third-order valence-electron chi connectivity index (χ3n) is 6.40. The number of thiazole rings is 1. The average Bonchev–Trinajstić information content (AvgIpc) is 3.45. The maximum Gasteiger partial charge on any atom is 0.458 e. The van der Waals surface area contributed by atoms with Gasteiger partial charge in [-0.15, -0.1) is 11.3 Å². The van der Waals surface area contributed by atoms with Crippen molar-refractivity contribution < 1.29 is 36.4 Å². The summed E-state index contributed by atoms with van der Waals surface area (Å²) in [5, 5.41) is 30.9. The first-order chi connectivity index (χ1) is 19.4. The lowest BCUT2D eigenvalue weighted by molar-refractivity contribution is -0.0697. The highest BCUT2D eigenvalue weighted by Gasteiger charge is 2.30. The van der Waals surface area contributed by atoms with Crippen LogP contribution in [0.15, 0.2) is 46.7 Å². The molecule has 0 spiro atoms. The van der Waals surface area contributed by atoms with Gasteiger partial charge in [-0.1, -0.05) is 12.0 Å². The summed E-state index contributed by atoms with van der Waals surface area (Å²) >= 11 is 1.09. The molecule has 0 radical (unpaired) electrons. The zero-order valence-corrected chi connectivity index (χ0v) is 22.6. The van der Waals surface area contributed by atoms with Crippen LogP contribution in [-0.4, -0.2) is 35.4 Å². The lowest BCUT2D eigenvalue weighted by Crippen LogP contribution is -2.07. The van der Waals surface area contributed by atoms with Crippen LogP contribution in [0, 0.1) is 29.4 Å². The van der Waals surface area contributed by atoms with Crippen LogP contribution in [0.1, 0.15) is 47.2 Å². The summed E-state index contributed by atoms with van der Waals surface area (Å²) < 4.78 is 80.5. The van der Waals surface area contributed by atoms with Gasteiger partial charge in [0.15, 0.2) is 6.29 Å². The Bertz CT molecular complexity index is 1700. The number of aliphatic hydroxyl groups excluding tert-OH is 1. The van der Waals surface area contributed by atoms with Gasteiger partial charge in [-0.25, -0.2) is 27.8 Å². The largest absolute Gasteiger partial charge is 0.458 e. The molecule has 1 unspecified atom stereocenters. The summed E-state index contributed by atoms with van der Waals surface area (Å²) in [5.41, 5.74) is 1.80. The van der Waals surface area contributed by atoms with Crippen molar-refractivity contribution in [2.75, 3.05) is 0 Å². The van der Waals surface area contributed by atoms with Crippen molar-refractivity contribution >= 4 is 22.3 Å². The van der Waals surface area contributed by atoms with Crippen LogP contribution in [0.4, 0.5) is 22.0 Å². The van der Waals surface area contributed by atoms with Gasteiger partial charge < -0.3 is 10.2 Å². The lowest BCUT2D eigenvalue weighted by atomic mass is 9.96. The van der Waals surface area contributed by atoms with Gasteiger partial charge in [0, 0.05) is 28.8 Å². The average molecular weight is 609 g/mol. The Morgan fingerprint density at radius 3 is 2.51 bits per heavy atom. The summed E-state index contributed by atoms with van der Waals surface area (Å²) in [4.78, 5) is 4.09. The van der Waals surface area contributed by atoms with E-state index in [-0.39, 0.29) is 28.3 Å². The molecule has 0 saturated heterocycles. The zero-order valence-electron chi connectivity index (χ0n) is 21.0. The van der Waals surface area contributed by atoms with E-state index in [4.69, 9.17) is 10.2 Å². The van der Waals surface area contributed by atoms with Crippen LogP contribution in [0.5, 0.6) is 0 Å². The second-order valence-electron chi connectivity index (χ2n) is 9.44. The molecule has 4 aromatic rings. The summed E-state index contributed by atoms with van der Waals surface area (Å²) in [6.45, 7) is 0. The molecule has 1 aliphatic rings. The SMILES string of the molecule is NS(=O)c1ccc(Cc2c(-c3ccc(F)c(C#CC(F)(F)F)c3)nn(-c3nc(C(O)O)cs3)c2CC2CC2)cc1F. The number of benzene rings is 2. The van der Waals surface area contributed by atoms with E-state index < -0.39 is 40.6 Å². The molecular weight excluding hydrogens is 587 g/mol. The van der Waals surface area contributed by atoms with E-state index >= 15 is 0 Å². The molecule has 1 atom stereocenters. The third kappa shape index (κ3) is 6.71. The first-order valence-corrected chi connectivity index (χ1v) is 14.3. The lowest BCUT2D eigenvalue weighted by Gasteiger charge is -2.10. The maximum absolute atomic E-state index is 14.7. The van der Waals surface area contributed by atoms with Crippen molar-refractivity contribution in [3.05, 3.63) is 81.5 Å². The number of aromatic nitrogens is 3. The molecule has 14 heteroatoms. The smallest absolute Gasteiger partial charge is 0.363 e. The van der Waals surface area contributed by atoms with Gasteiger partial charge in [-0.05, 0) is 61.1 Å². The normalized spacial score (nSPS) is 14.3. The summed E-state index contributed by atoms with van der Waals surface area (Å²) in [5.74, 6) is 1.51. The molecule has 5 rings (SSSR count). The predicted molar refractivity (Wildman–Crippen MR) is 141 cm³/mol. The van der Waals surface area contributed by atoms with Crippen molar-refractivity contribution in [2.24, 2.45) is 11.1 Å². The second kappa shape index (κ2) is 11.4. The van der Waals surface area contributed by atoms with E-state index in [1.54, 1.807) is 6.07 Å². The minimum atomic E-state index is -4.82. The van der Waals surface area contributed by atoms with Crippen LogP contribution >= 0.6 is 11.3 Å². The van der Waals surface area contributed by atoms with E-state index in [9.17, 15) is 36.4 Å². The summed E-state index contributed by atoms with van der Waals surface area (Å²) in [7, 11) is -2.04. The predicted octanol–water partition coefficient (Wildman–Crippen LogP) is 4.70. The molecule has 2 aromatic carbocycles. The van der Waals surface area contributed by atoms with E-state index in [2.05, 4.69) is 4.98 Å². The summed E-state index contributed by atoms with van der Waals surface area (Å²) in [6.07, 6.45) is -4.09. The van der Waals surface area contributed by atoms with Crippen LogP contribution < -0.4 is 5.14 Å². The Kier molecular flexibility index (Phi) is 8.09. The number of alkyl halides is 3. The standard InChI is InChI=1S/C27H21F5N4O3S2/c28-19-5-4-17(12-16(19)7-8-27(30,31)32)24-18(9-15-3-6-23(41(33)39)20(29)10-15)22(11-14-1-2-14)36(35-24)26-34-21(13-40-26)25(37)38/h3-6,10,12-14,25,37-38H,1-2,9,11,33H2. The quantitative estimate of drug-likeness (QED) is 0.153. The highest BCUT2D eigenvalue weighted by Crippen LogP contribution is 2.38. The number of nitrogens with two attached hydrogens (primary N) is 1. The van der Waals surface area contributed by atoms with Gasteiger partial charge in [0.05, 0.1) is 21.8 Å². The number of aliphatic hydroxyl groups is 2. The molecule has 1 fully saturated rings. The molecule has 4 N–H and O–H groups in total. The van der Waals surface area contributed by atoms with Gasteiger partial charge in [-0.3, -0.25) is 0 Å². The molecule has 7 nitrogen and oxygen atoms in total. The third-order valence-corrected chi connectivity index (χ3v) is 8.00. The van der Waals surface area contributed by atoms with Gasteiger partial charge in [0.2, 0.25) is 5.13 Å². The molecule has 0 bridgehead atoms. The van der Waals surface area contributed by atoms with E-state index in [1.165, 1.54) is 28.3 Å². The number of hydrogen-bond acceptors (Lipinski definition) is 6. The molecule has 1 aliphatic carbocycles. The van der Waals surface area contributed by atoms with Crippen LogP contribution in [-0.2, 0) is 23.8 Å². The van der Waals surface area contributed by atoms with Crippen LogP contribution in [0.25, 0.3) is 16.4 Å². The Hall–Kier alpha value is -3.48. The number of rotatable bonds is 8. The van der Waals surface area contributed by atoms with Gasteiger partial charge in [-0.2, -0.15) is 18.3 Å². The molecule has 0 amide bonds. The molecule has 41 heavy (non-hydrogen) atoms. The molecule has 214 valence electrons. The number of hydrogen-bond donors (Lipinski definition) is 3. The fourth-order valence-corrected chi connectivity index (χ4v) is 5.55. The molecule has 1 saturated carbocycles. The number of halogens is 5. The fraction of sp³-hybridized carbons (Fsp3) is 0.259. The number of nitrogens with zero attached hydrogens (tertiary/aromatic N) is 3. The van der Waals surface area contributed by atoms with Crippen molar-refractivity contribution in [2.45, 2.75) is 43.0 Å². The molecule has 2 aromatic heterocycles. The minimum Gasteiger partial charge on any atom is -0.363 e. The Morgan fingerprint density at radius 1 is 1.15 bits per heavy atom. The topological polar surface area (TPSA) is 114 Å². The molecule has 0 aliphatic heterocycles. The molecular formula is C27H21F5N4O3S2. The maximum atomic E-state index is 14.7. The fourth-order valence-electron chi connectivity index (χ4n) is 4.29. The zero-order chi connectivity index (χ0) is 29.5. The highest BCUT2D eigenvalue weighted by atomic mass is 32.2. The highest BCUT2D eigenvalue weighted by molar-refractivity contribution is 7.82. The van der Waals surface area contributed by atoms with Gasteiger partial charge in [0.1, 0.15) is 28.3 Å². The van der Waals surface area contributed by atoms with Crippen LogP contribution in [0.2, 0.25) is 0 Å². The Morgan fingerprint density at radius 2 is 1.90 bits per heavy atom. The van der Waals surface area contributed by atoms with Crippen molar-refractivity contribution in [3.63, 3.8) is 0 Å². The first kappa shape index (κ1) is 29.0. The van der Waals surface area contributed by atoms with Crippen molar-refractivity contribution in [3.8, 4) is 28.2 Å². The first-order valence-electron chi connectivity index (χ1n) is 12.2. The molecule has 2 heterocycles. The van der Waals surface area contributed by atoms with Crippen molar-refractivity contribution in [1.82, 2.24) is 14.8 Å². The van der Waals surface area contributed by atoms with E-state index in [0.717, 1.165) is 42.2 Å². The Balaban J connectivity index is 1.69. The van der Waals surface area contributed by atoms with Crippen molar-refractivity contribution in [1.29, 1.82) is 0 Å². The van der Waals surface area contributed by atoms with E-state index in [0.29, 0.717) is 34.3 Å². The van der Waals surface area contributed by atoms with Crippen LogP contribution in [0.3, 0.4) is 0 Å². The monoisotopic (exact) mass is 608 g/mol. The Labute approximate surface area is 237 Å².